The topological polar surface area (TPSA) is 62.8 Å². The number of carbonyl (C=O) groups is 1. The van der Waals surface area contributed by atoms with Crippen molar-refractivity contribution in [1.29, 1.82) is 0 Å². The van der Waals surface area contributed by atoms with Gasteiger partial charge >= 0.3 is 0 Å². The van der Waals surface area contributed by atoms with Crippen molar-refractivity contribution in [3.05, 3.63) is 0 Å². The molecular formula is C15H31N3O3. The van der Waals surface area contributed by atoms with Crippen molar-refractivity contribution in [3.8, 4) is 0 Å². The molecule has 0 aliphatic carbocycles. The maximum absolute atomic E-state index is 11.6. The van der Waals surface area contributed by atoms with Gasteiger partial charge in [0.2, 0.25) is 5.91 Å². The minimum absolute atomic E-state index is 0.0230. The van der Waals surface area contributed by atoms with Gasteiger partial charge in [0.15, 0.2) is 0 Å². The lowest BCUT2D eigenvalue weighted by atomic mass is 10.2. The van der Waals surface area contributed by atoms with Crippen LogP contribution in [0.4, 0.5) is 0 Å². The summed E-state index contributed by atoms with van der Waals surface area (Å²) >= 11 is 0. The normalized spacial score (nSPS) is 19.9. The minimum Gasteiger partial charge on any atom is -0.379 e. The molecule has 1 fully saturated rings. The zero-order valence-electron chi connectivity index (χ0n) is 13.7. The van der Waals surface area contributed by atoms with Gasteiger partial charge < -0.3 is 20.1 Å². The Labute approximate surface area is 128 Å². The Bertz CT molecular complexity index is 287. The summed E-state index contributed by atoms with van der Waals surface area (Å²) in [7, 11) is 0. The first-order valence-corrected chi connectivity index (χ1v) is 8.03. The zero-order chi connectivity index (χ0) is 15.5. The predicted molar refractivity (Wildman–Crippen MR) is 83.4 cm³/mol. The Morgan fingerprint density at radius 3 is 2.95 bits per heavy atom. The Balaban J connectivity index is 2.10. The summed E-state index contributed by atoms with van der Waals surface area (Å²) < 4.78 is 11.3. The number of ether oxygens (including phenoxy) is 2. The molecule has 0 bridgehead atoms. The first kappa shape index (κ1) is 18.4. The van der Waals surface area contributed by atoms with Crippen molar-refractivity contribution in [2.75, 3.05) is 59.1 Å². The fourth-order valence-electron chi connectivity index (χ4n) is 2.14. The molecule has 6 nitrogen and oxygen atoms in total. The molecular weight excluding hydrogens is 270 g/mol. The van der Waals surface area contributed by atoms with Crippen molar-refractivity contribution in [2.24, 2.45) is 5.92 Å². The van der Waals surface area contributed by atoms with Crippen LogP contribution in [0.15, 0.2) is 0 Å². The van der Waals surface area contributed by atoms with Crippen LogP contribution in [0.25, 0.3) is 0 Å². The number of hydrogen-bond donors (Lipinski definition) is 2. The minimum atomic E-state index is 0.0230. The fourth-order valence-corrected chi connectivity index (χ4v) is 2.14. The highest BCUT2D eigenvalue weighted by Gasteiger charge is 2.21. The van der Waals surface area contributed by atoms with E-state index in [1.54, 1.807) is 0 Å². The number of likely N-dealkylation sites (N-methyl/N-ethyl adjacent to an activating group) is 1. The van der Waals surface area contributed by atoms with E-state index in [-0.39, 0.29) is 17.9 Å². The molecule has 0 aromatic carbocycles. The molecule has 1 atom stereocenters. The molecule has 2 N–H and O–H groups in total. The van der Waals surface area contributed by atoms with Crippen LogP contribution in [0.5, 0.6) is 0 Å². The highest BCUT2D eigenvalue weighted by Crippen LogP contribution is 2.04. The lowest BCUT2D eigenvalue weighted by molar-refractivity contribution is -0.125. The molecule has 1 aliphatic rings. The second-order valence-corrected chi connectivity index (χ2v) is 5.66. The number of morpholine rings is 1. The van der Waals surface area contributed by atoms with Gasteiger partial charge in [-0.1, -0.05) is 20.8 Å². The second-order valence-electron chi connectivity index (χ2n) is 5.66. The first-order valence-electron chi connectivity index (χ1n) is 8.03. The predicted octanol–water partition coefficient (Wildman–Crippen LogP) is 0.0855. The average Bonchev–Trinajstić information content (AvgIpc) is 2.48. The Morgan fingerprint density at radius 2 is 2.24 bits per heavy atom. The summed E-state index contributed by atoms with van der Waals surface area (Å²) in [5.74, 6) is 0.109. The van der Waals surface area contributed by atoms with E-state index in [4.69, 9.17) is 9.47 Å². The summed E-state index contributed by atoms with van der Waals surface area (Å²) in [5.41, 5.74) is 0. The third-order valence-electron chi connectivity index (χ3n) is 3.48. The van der Waals surface area contributed by atoms with Gasteiger partial charge in [0.05, 0.1) is 25.9 Å². The van der Waals surface area contributed by atoms with Crippen LogP contribution in [0.1, 0.15) is 20.8 Å². The van der Waals surface area contributed by atoms with Crippen LogP contribution >= 0.6 is 0 Å². The third-order valence-corrected chi connectivity index (χ3v) is 3.48. The molecule has 124 valence electrons. The van der Waals surface area contributed by atoms with Crippen molar-refractivity contribution < 1.29 is 14.3 Å². The van der Waals surface area contributed by atoms with E-state index in [1.165, 1.54) is 0 Å². The number of hydrogen-bond acceptors (Lipinski definition) is 5. The Hall–Kier alpha value is -0.690. The molecule has 21 heavy (non-hydrogen) atoms. The fraction of sp³-hybridized carbons (Fsp3) is 0.933. The summed E-state index contributed by atoms with van der Waals surface area (Å²) in [4.78, 5) is 13.9. The summed E-state index contributed by atoms with van der Waals surface area (Å²) in [6.07, 6.45) is 0.0863. The Kier molecular flexibility index (Phi) is 9.58. The molecule has 0 aromatic rings. The molecule has 1 unspecified atom stereocenters. The van der Waals surface area contributed by atoms with Crippen LogP contribution < -0.4 is 10.6 Å². The molecule has 1 saturated heterocycles. The van der Waals surface area contributed by atoms with Gasteiger partial charge in [-0.05, 0) is 6.54 Å². The second kappa shape index (κ2) is 11.0. The molecule has 1 heterocycles. The van der Waals surface area contributed by atoms with Crippen molar-refractivity contribution in [1.82, 2.24) is 15.5 Å². The van der Waals surface area contributed by atoms with Crippen molar-refractivity contribution in [3.63, 3.8) is 0 Å². The van der Waals surface area contributed by atoms with Gasteiger partial charge in [0.25, 0.3) is 0 Å². The molecule has 0 radical (unpaired) electrons. The van der Waals surface area contributed by atoms with Crippen molar-refractivity contribution >= 4 is 5.91 Å². The highest BCUT2D eigenvalue weighted by molar-refractivity contribution is 5.77. The van der Waals surface area contributed by atoms with E-state index in [0.29, 0.717) is 6.54 Å². The van der Waals surface area contributed by atoms with E-state index < -0.39 is 0 Å². The van der Waals surface area contributed by atoms with Gasteiger partial charge in [-0.25, -0.2) is 0 Å². The van der Waals surface area contributed by atoms with Crippen LogP contribution in [0.2, 0.25) is 0 Å². The monoisotopic (exact) mass is 301 g/mol. The van der Waals surface area contributed by atoms with Gasteiger partial charge in [-0.3, -0.25) is 9.69 Å². The molecule has 0 aromatic heterocycles. The zero-order valence-corrected chi connectivity index (χ0v) is 13.7. The van der Waals surface area contributed by atoms with Gasteiger partial charge in [-0.2, -0.15) is 0 Å². The molecule has 1 aliphatic heterocycles. The molecule has 1 amide bonds. The lowest BCUT2D eigenvalue weighted by Crippen LogP contribution is -2.48. The largest absolute Gasteiger partial charge is 0.379 e. The molecule has 0 saturated carbocycles. The maximum Gasteiger partial charge on any atom is 0.222 e. The summed E-state index contributed by atoms with van der Waals surface area (Å²) in [5, 5.41) is 6.16. The summed E-state index contributed by atoms with van der Waals surface area (Å²) in [6.45, 7) is 13.3. The molecule has 6 heteroatoms. The SMILES string of the molecule is CCNCCOCCN1CCOC(CNC(=O)C(C)C)C1. The quantitative estimate of drug-likeness (QED) is 0.560. The first-order chi connectivity index (χ1) is 10.1. The van der Waals surface area contributed by atoms with E-state index >= 15 is 0 Å². The van der Waals surface area contributed by atoms with Crippen LogP contribution in [-0.2, 0) is 14.3 Å². The van der Waals surface area contributed by atoms with Crippen LogP contribution in [0.3, 0.4) is 0 Å². The number of carbonyl (C=O) groups excluding carboxylic acids is 1. The number of nitrogens with one attached hydrogen (secondary N) is 2. The average molecular weight is 301 g/mol. The summed E-state index contributed by atoms with van der Waals surface area (Å²) in [6, 6.07) is 0. The molecule has 0 spiro atoms. The van der Waals surface area contributed by atoms with Crippen molar-refractivity contribution in [2.45, 2.75) is 26.9 Å². The van der Waals surface area contributed by atoms with Crippen LogP contribution in [-0.4, -0.2) is 76.0 Å². The number of rotatable bonds is 10. The maximum atomic E-state index is 11.6. The Morgan fingerprint density at radius 1 is 1.43 bits per heavy atom. The van der Waals surface area contributed by atoms with E-state index in [2.05, 4.69) is 22.5 Å². The number of nitrogens with zero attached hydrogens (tertiary/aromatic N) is 1. The lowest BCUT2D eigenvalue weighted by Gasteiger charge is -2.33. The smallest absolute Gasteiger partial charge is 0.222 e. The molecule has 1 rings (SSSR count). The van der Waals surface area contributed by atoms with E-state index in [9.17, 15) is 4.79 Å². The van der Waals surface area contributed by atoms with E-state index in [1.807, 2.05) is 13.8 Å². The standard InChI is InChI=1S/C15H31N3O3/c1-4-16-5-8-20-9-6-18-7-10-21-14(12-18)11-17-15(19)13(2)3/h13-14,16H,4-12H2,1-3H3,(H,17,19). The van der Waals surface area contributed by atoms with Crippen LogP contribution in [0, 0.1) is 5.92 Å². The number of amides is 1. The van der Waals surface area contributed by atoms with Gasteiger partial charge in [0, 0.05) is 38.6 Å². The highest BCUT2D eigenvalue weighted by atomic mass is 16.5. The van der Waals surface area contributed by atoms with E-state index in [0.717, 1.165) is 52.5 Å². The van der Waals surface area contributed by atoms with Gasteiger partial charge in [-0.15, -0.1) is 0 Å². The third kappa shape index (κ3) is 8.36. The van der Waals surface area contributed by atoms with Gasteiger partial charge in [0.1, 0.15) is 0 Å².